The van der Waals surface area contributed by atoms with Crippen molar-refractivity contribution in [3.63, 3.8) is 0 Å². The molecule has 0 aliphatic carbocycles. The Kier molecular flexibility index (Phi) is 3.13. The lowest BCUT2D eigenvalue weighted by atomic mass is 10.2. The van der Waals surface area contributed by atoms with Gasteiger partial charge in [-0.05, 0) is 48.9 Å². The molecule has 1 heterocycles. The van der Waals surface area contributed by atoms with Crippen LogP contribution >= 0.6 is 0 Å². The van der Waals surface area contributed by atoms with Crippen molar-refractivity contribution < 1.29 is 12.8 Å². The van der Waals surface area contributed by atoms with E-state index in [0.29, 0.717) is 11.3 Å². The van der Waals surface area contributed by atoms with Crippen LogP contribution in [0.15, 0.2) is 47.6 Å². The van der Waals surface area contributed by atoms with Gasteiger partial charge in [0.15, 0.2) is 0 Å². The van der Waals surface area contributed by atoms with Crippen molar-refractivity contribution in [1.29, 1.82) is 0 Å². The predicted molar refractivity (Wildman–Crippen MR) is 78.0 cm³/mol. The predicted octanol–water partition coefficient (Wildman–Crippen LogP) is 2.81. The monoisotopic (exact) mass is 305 g/mol. The Labute approximate surface area is 120 Å². The third-order valence-corrected chi connectivity index (χ3v) is 4.64. The van der Waals surface area contributed by atoms with Gasteiger partial charge in [0.1, 0.15) is 5.82 Å². The molecule has 0 unspecified atom stereocenters. The number of aryl methyl sites for hydroxylation is 1. The molecule has 7 heteroatoms. The minimum Gasteiger partial charge on any atom is -0.345 e. The number of hydrogen-bond acceptors (Lipinski definition) is 3. The Morgan fingerprint density at radius 2 is 2.00 bits per heavy atom. The summed E-state index contributed by atoms with van der Waals surface area (Å²) in [5.41, 5.74) is 2.24. The lowest BCUT2D eigenvalue weighted by molar-refractivity contribution is 0.598. The fourth-order valence-electron chi connectivity index (χ4n) is 2.12. The number of aromatic amines is 1. The van der Waals surface area contributed by atoms with Crippen LogP contribution < -0.4 is 4.72 Å². The Morgan fingerprint density at radius 3 is 2.76 bits per heavy atom. The summed E-state index contributed by atoms with van der Waals surface area (Å²) in [7, 11) is -3.76. The summed E-state index contributed by atoms with van der Waals surface area (Å²) in [4.78, 5) is 7.02. The normalized spacial score (nSPS) is 11.7. The van der Waals surface area contributed by atoms with E-state index in [2.05, 4.69) is 14.7 Å². The van der Waals surface area contributed by atoms with Gasteiger partial charge < -0.3 is 4.98 Å². The van der Waals surface area contributed by atoms with Crippen molar-refractivity contribution in [3.05, 3.63) is 54.1 Å². The summed E-state index contributed by atoms with van der Waals surface area (Å²) in [5, 5.41) is 0. The third-order valence-electron chi connectivity index (χ3n) is 3.10. The van der Waals surface area contributed by atoms with Gasteiger partial charge in [0, 0.05) is 0 Å². The zero-order valence-corrected chi connectivity index (χ0v) is 11.9. The topological polar surface area (TPSA) is 74.8 Å². The molecule has 0 fully saturated rings. The number of H-pyrrole nitrogens is 1. The molecule has 0 saturated heterocycles. The standard InChI is InChI=1S/C14H12FN3O2S/c1-9-6-10(15)2-5-14(9)21(19,20)18-11-3-4-12-13(7-11)17-8-16-12/h2-8,18H,1H3,(H,16,17). The SMILES string of the molecule is Cc1cc(F)ccc1S(=O)(=O)Nc1ccc2nc[nH]c2c1. The molecule has 0 aliphatic rings. The maximum absolute atomic E-state index is 13.1. The minimum absolute atomic E-state index is 0.0496. The highest BCUT2D eigenvalue weighted by Crippen LogP contribution is 2.22. The van der Waals surface area contributed by atoms with E-state index >= 15 is 0 Å². The van der Waals surface area contributed by atoms with Crippen LogP contribution in [-0.4, -0.2) is 18.4 Å². The number of imidazole rings is 1. The molecule has 0 amide bonds. The van der Waals surface area contributed by atoms with Gasteiger partial charge in [-0.2, -0.15) is 0 Å². The molecule has 0 spiro atoms. The summed E-state index contributed by atoms with van der Waals surface area (Å²) in [6, 6.07) is 8.55. The smallest absolute Gasteiger partial charge is 0.262 e. The molecular formula is C14H12FN3O2S. The van der Waals surface area contributed by atoms with Crippen LogP contribution in [0.1, 0.15) is 5.56 Å². The van der Waals surface area contributed by atoms with Crippen LogP contribution in [0.2, 0.25) is 0 Å². The van der Waals surface area contributed by atoms with Crippen molar-refractivity contribution in [3.8, 4) is 0 Å². The number of benzene rings is 2. The lowest BCUT2D eigenvalue weighted by Gasteiger charge is -2.10. The highest BCUT2D eigenvalue weighted by Gasteiger charge is 2.17. The van der Waals surface area contributed by atoms with Gasteiger partial charge in [-0.25, -0.2) is 17.8 Å². The molecule has 21 heavy (non-hydrogen) atoms. The van der Waals surface area contributed by atoms with E-state index in [1.165, 1.54) is 18.5 Å². The molecule has 0 aliphatic heterocycles. The van der Waals surface area contributed by atoms with Crippen LogP contribution in [0.5, 0.6) is 0 Å². The van der Waals surface area contributed by atoms with E-state index in [9.17, 15) is 12.8 Å². The van der Waals surface area contributed by atoms with Gasteiger partial charge in [0.05, 0.1) is 27.9 Å². The molecule has 3 rings (SSSR count). The number of rotatable bonds is 3. The number of anilines is 1. The van der Waals surface area contributed by atoms with Gasteiger partial charge >= 0.3 is 0 Å². The van der Waals surface area contributed by atoms with Crippen molar-refractivity contribution >= 4 is 26.7 Å². The lowest BCUT2D eigenvalue weighted by Crippen LogP contribution is -2.14. The van der Waals surface area contributed by atoms with Gasteiger partial charge in [-0.15, -0.1) is 0 Å². The second-order valence-corrected chi connectivity index (χ2v) is 6.30. The molecular weight excluding hydrogens is 293 g/mol. The fraction of sp³-hybridized carbons (Fsp3) is 0.0714. The van der Waals surface area contributed by atoms with Crippen molar-refractivity contribution in [2.24, 2.45) is 0 Å². The van der Waals surface area contributed by atoms with Gasteiger partial charge in [0.25, 0.3) is 10.0 Å². The Hall–Kier alpha value is -2.41. The maximum atomic E-state index is 13.1. The second kappa shape index (κ2) is 4.85. The Balaban J connectivity index is 1.98. The van der Waals surface area contributed by atoms with Crippen molar-refractivity contribution in [2.75, 3.05) is 4.72 Å². The molecule has 5 nitrogen and oxygen atoms in total. The van der Waals surface area contributed by atoms with E-state index < -0.39 is 15.8 Å². The summed E-state index contributed by atoms with van der Waals surface area (Å²) in [5.74, 6) is -0.467. The van der Waals surface area contributed by atoms with Crippen LogP contribution in [0, 0.1) is 12.7 Å². The van der Waals surface area contributed by atoms with E-state index in [1.807, 2.05) is 0 Å². The highest BCUT2D eigenvalue weighted by molar-refractivity contribution is 7.92. The van der Waals surface area contributed by atoms with Crippen molar-refractivity contribution in [2.45, 2.75) is 11.8 Å². The maximum Gasteiger partial charge on any atom is 0.262 e. The quantitative estimate of drug-likeness (QED) is 0.781. The number of nitrogens with zero attached hydrogens (tertiary/aromatic N) is 1. The third kappa shape index (κ3) is 2.59. The van der Waals surface area contributed by atoms with Crippen LogP contribution in [0.3, 0.4) is 0 Å². The summed E-state index contributed by atoms with van der Waals surface area (Å²) in [6.07, 6.45) is 1.53. The minimum atomic E-state index is -3.76. The Morgan fingerprint density at radius 1 is 1.19 bits per heavy atom. The van der Waals surface area contributed by atoms with E-state index in [-0.39, 0.29) is 4.90 Å². The van der Waals surface area contributed by atoms with E-state index in [4.69, 9.17) is 0 Å². The number of aromatic nitrogens is 2. The van der Waals surface area contributed by atoms with E-state index in [1.54, 1.807) is 25.1 Å². The summed E-state index contributed by atoms with van der Waals surface area (Å²) in [6.45, 7) is 1.55. The number of nitrogens with one attached hydrogen (secondary N) is 2. The first kappa shape index (κ1) is 13.6. The molecule has 3 aromatic rings. The van der Waals surface area contributed by atoms with E-state index in [0.717, 1.165) is 17.1 Å². The average Bonchev–Trinajstić information content (AvgIpc) is 2.85. The molecule has 1 aromatic heterocycles. The fourth-order valence-corrected chi connectivity index (χ4v) is 3.40. The Bertz CT molecular complexity index is 919. The largest absolute Gasteiger partial charge is 0.345 e. The summed E-state index contributed by atoms with van der Waals surface area (Å²) < 4.78 is 40.3. The number of hydrogen-bond donors (Lipinski definition) is 2. The zero-order chi connectivity index (χ0) is 15.0. The molecule has 0 radical (unpaired) electrons. The molecule has 0 saturated carbocycles. The van der Waals surface area contributed by atoms with Gasteiger partial charge in [-0.1, -0.05) is 0 Å². The molecule has 108 valence electrons. The molecule has 0 atom stereocenters. The van der Waals surface area contributed by atoms with Crippen LogP contribution in [0.4, 0.5) is 10.1 Å². The summed E-state index contributed by atoms with van der Waals surface area (Å²) >= 11 is 0. The first-order valence-electron chi connectivity index (χ1n) is 6.18. The molecule has 2 N–H and O–H groups in total. The first-order chi connectivity index (χ1) is 9.95. The van der Waals surface area contributed by atoms with Crippen LogP contribution in [0.25, 0.3) is 11.0 Å². The van der Waals surface area contributed by atoms with Gasteiger partial charge in [0.2, 0.25) is 0 Å². The number of sulfonamides is 1. The van der Waals surface area contributed by atoms with Crippen LogP contribution in [-0.2, 0) is 10.0 Å². The zero-order valence-electron chi connectivity index (χ0n) is 11.1. The van der Waals surface area contributed by atoms with Crippen molar-refractivity contribution in [1.82, 2.24) is 9.97 Å². The first-order valence-corrected chi connectivity index (χ1v) is 7.66. The average molecular weight is 305 g/mol. The molecule has 2 aromatic carbocycles. The number of fused-ring (bicyclic) bond motifs is 1. The highest BCUT2D eigenvalue weighted by atomic mass is 32.2. The second-order valence-electron chi connectivity index (χ2n) is 4.65. The molecule has 0 bridgehead atoms. The number of halogens is 1. The van der Waals surface area contributed by atoms with Gasteiger partial charge in [-0.3, -0.25) is 4.72 Å².